The van der Waals surface area contributed by atoms with Crippen LogP contribution in [0.15, 0.2) is 47.1 Å². The molecule has 5 heteroatoms. The van der Waals surface area contributed by atoms with E-state index in [1.54, 1.807) is 6.20 Å². The Morgan fingerprint density at radius 3 is 2.71 bits per heavy atom. The molecular weight excluding hydrogens is 282 g/mol. The normalized spacial score (nSPS) is 10.0. The van der Waals surface area contributed by atoms with Crippen molar-refractivity contribution in [3.05, 3.63) is 52.6 Å². The van der Waals surface area contributed by atoms with E-state index in [-0.39, 0.29) is 0 Å². The molecule has 0 amide bonds. The van der Waals surface area contributed by atoms with Crippen LogP contribution in [-0.2, 0) is 6.61 Å². The molecule has 1 heterocycles. The Morgan fingerprint density at radius 2 is 2.00 bits per heavy atom. The van der Waals surface area contributed by atoms with Crippen LogP contribution in [0.2, 0.25) is 0 Å². The number of halogens is 1. The molecule has 0 aliphatic heterocycles. The van der Waals surface area contributed by atoms with E-state index in [0.717, 1.165) is 15.8 Å². The van der Waals surface area contributed by atoms with Gasteiger partial charge in [0.25, 0.3) is 0 Å². The molecule has 0 fully saturated rings. The summed E-state index contributed by atoms with van der Waals surface area (Å²) in [4.78, 5) is 4.03. The fraction of sp³-hybridized carbons (Fsp3) is 0.0833. The molecule has 0 aliphatic rings. The molecule has 0 bridgehead atoms. The Hall–Kier alpha value is -1.59. The summed E-state index contributed by atoms with van der Waals surface area (Å²) in [5.74, 6) is 6.74. The van der Waals surface area contributed by atoms with Gasteiger partial charge in [-0.2, -0.15) is 0 Å². The highest BCUT2D eigenvalue weighted by molar-refractivity contribution is 9.10. The Morgan fingerprint density at radius 1 is 1.24 bits per heavy atom. The lowest BCUT2D eigenvalue weighted by Gasteiger charge is -2.07. The lowest BCUT2D eigenvalue weighted by Crippen LogP contribution is -2.09. The Bertz CT molecular complexity index is 487. The summed E-state index contributed by atoms with van der Waals surface area (Å²) in [6.07, 6.45) is 1.69. The number of aromatic nitrogens is 1. The first-order valence-electron chi connectivity index (χ1n) is 5.08. The first-order chi connectivity index (χ1) is 8.28. The van der Waals surface area contributed by atoms with Gasteiger partial charge in [0.15, 0.2) is 0 Å². The van der Waals surface area contributed by atoms with Gasteiger partial charge in [0.1, 0.15) is 18.2 Å². The third kappa shape index (κ3) is 3.44. The maximum Gasteiger partial charge on any atom is 0.140 e. The van der Waals surface area contributed by atoms with Crippen LogP contribution in [0.5, 0.6) is 5.75 Å². The second-order valence-electron chi connectivity index (χ2n) is 3.44. The topological polar surface area (TPSA) is 60.2 Å². The minimum Gasteiger partial charge on any atom is -0.489 e. The fourth-order valence-electron chi connectivity index (χ4n) is 1.34. The van der Waals surface area contributed by atoms with E-state index in [2.05, 4.69) is 26.3 Å². The van der Waals surface area contributed by atoms with Gasteiger partial charge in [-0.05, 0) is 42.0 Å². The first-order valence-corrected chi connectivity index (χ1v) is 5.87. The van der Waals surface area contributed by atoms with Gasteiger partial charge in [0, 0.05) is 10.7 Å². The number of hydrazine groups is 1. The number of nitrogens with one attached hydrogen (secondary N) is 1. The van der Waals surface area contributed by atoms with Gasteiger partial charge < -0.3 is 10.2 Å². The van der Waals surface area contributed by atoms with Crippen LogP contribution in [0, 0.1) is 0 Å². The molecule has 4 nitrogen and oxygen atoms in total. The largest absolute Gasteiger partial charge is 0.489 e. The summed E-state index contributed by atoms with van der Waals surface area (Å²) in [5, 5.41) is 0. The Balaban J connectivity index is 1.99. The molecule has 0 aliphatic carbocycles. The van der Waals surface area contributed by atoms with Crippen molar-refractivity contribution in [1.29, 1.82) is 0 Å². The summed E-state index contributed by atoms with van der Waals surface area (Å²) in [6, 6.07) is 11.4. The molecule has 0 atom stereocenters. The van der Waals surface area contributed by atoms with Crippen LogP contribution < -0.4 is 16.0 Å². The van der Waals surface area contributed by atoms with Gasteiger partial charge in [-0.15, -0.1) is 0 Å². The third-order valence-corrected chi connectivity index (χ3v) is 2.72. The fourth-order valence-corrected chi connectivity index (χ4v) is 1.60. The van der Waals surface area contributed by atoms with Crippen molar-refractivity contribution in [2.75, 3.05) is 5.43 Å². The molecule has 2 rings (SSSR count). The SMILES string of the molecule is NNc1cc(COc2ccc(Br)cc2)ccn1. The average molecular weight is 294 g/mol. The maximum atomic E-state index is 5.63. The highest BCUT2D eigenvalue weighted by Crippen LogP contribution is 2.17. The standard InChI is InChI=1S/C12H12BrN3O/c13-10-1-3-11(4-2-10)17-8-9-5-6-15-12(7-9)16-14/h1-7H,8,14H2,(H,15,16). The van der Waals surface area contributed by atoms with Crippen LogP contribution in [0.1, 0.15) is 5.56 Å². The molecule has 0 saturated heterocycles. The summed E-state index contributed by atoms with van der Waals surface area (Å²) in [5.41, 5.74) is 3.51. The molecule has 0 saturated carbocycles. The number of ether oxygens (including phenoxy) is 1. The molecule has 0 unspecified atom stereocenters. The molecule has 1 aromatic carbocycles. The number of hydrogen-bond acceptors (Lipinski definition) is 4. The zero-order valence-electron chi connectivity index (χ0n) is 9.06. The van der Waals surface area contributed by atoms with E-state index in [9.17, 15) is 0 Å². The van der Waals surface area contributed by atoms with Crippen molar-refractivity contribution in [3.8, 4) is 5.75 Å². The van der Waals surface area contributed by atoms with Crippen molar-refractivity contribution in [1.82, 2.24) is 4.98 Å². The van der Waals surface area contributed by atoms with Crippen molar-refractivity contribution >= 4 is 21.7 Å². The summed E-state index contributed by atoms with van der Waals surface area (Å²) < 4.78 is 6.66. The third-order valence-electron chi connectivity index (χ3n) is 2.19. The monoisotopic (exact) mass is 293 g/mol. The average Bonchev–Trinajstić information content (AvgIpc) is 2.38. The van der Waals surface area contributed by atoms with E-state index in [1.165, 1.54) is 0 Å². The molecule has 88 valence electrons. The molecule has 2 aromatic rings. The molecule has 0 spiro atoms. The number of nitrogen functional groups attached to an aromatic ring is 1. The summed E-state index contributed by atoms with van der Waals surface area (Å²) >= 11 is 3.37. The van der Waals surface area contributed by atoms with Gasteiger partial charge in [-0.25, -0.2) is 10.8 Å². The number of nitrogens with two attached hydrogens (primary N) is 1. The first kappa shape index (κ1) is 11.9. The van der Waals surface area contributed by atoms with Crippen molar-refractivity contribution in [2.24, 2.45) is 5.84 Å². The van der Waals surface area contributed by atoms with Crippen molar-refractivity contribution < 1.29 is 4.74 Å². The molecule has 17 heavy (non-hydrogen) atoms. The van der Waals surface area contributed by atoms with E-state index >= 15 is 0 Å². The zero-order valence-corrected chi connectivity index (χ0v) is 10.6. The number of anilines is 1. The number of pyridine rings is 1. The molecule has 3 N–H and O–H groups in total. The Kier molecular flexibility index (Phi) is 3.95. The second kappa shape index (κ2) is 5.65. The quantitative estimate of drug-likeness (QED) is 0.672. The highest BCUT2D eigenvalue weighted by Gasteiger charge is 1.98. The van der Waals surface area contributed by atoms with E-state index in [0.29, 0.717) is 12.4 Å². The molecular formula is C12H12BrN3O. The van der Waals surface area contributed by atoms with Crippen LogP contribution in [0.4, 0.5) is 5.82 Å². The van der Waals surface area contributed by atoms with Crippen molar-refractivity contribution in [2.45, 2.75) is 6.61 Å². The van der Waals surface area contributed by atoms with Gasteiger partial charge in [0.2, 0.25) is 0 Å². The number of nitrogens with zero attached hydrogens (tertiary/aromatic N) is 1. The van der Waals surface area contributed by atoms with Gasteiger partial charge in [-0.3, -0.25) is 0 Å². The second-order valence-corrected chi connectivity index (χ2v) is 4.35. The lowest BCUT2D eigenvalue weighted by atomic mass is 10.3. The lowest BCUT2D eigenvalue weighted by molar-refractivity contribution is 0.306. The minimum atomic E-state index is 0.485. The Labute approximate surface area is 108 Å². The van der Waals surface area contributed by atoms with E-state index in [4.69, 9.17) is 10.6 Å². The predicted molar refractivity (Wildman–Crippen MR) is 70.5 cm³/mol. The molecule has 0 radical (unpaired) electrons. The minimum absolute atomic E-state index is 0.485. The van der Waals surface area contributed by atoms with Crippen LogP contribution >= 0.6 is 15.9 Å². The van der Waals surface area contributed by atoms with Crippen molar-refractivity contribution in [3.63, 3.8) is 0 Å². The highest BCUT2D eigenvalue weighted by atomic mass is 79.9. The van der Waals surface area contributed by atoms with E-state index < -0.39 is 0 Å². The van der Waals surface area contributed by atoms with Gasteiger partial charge in [0.05, 0.1) is 0 Å². The number of rotatable bonds is 4. The van der Waals surface area contributed by atoms with Gasteiger partial charge >= 0.3 is 0 Å². The van der Waals surface area contributed by atoms with Gasteiger partial charge in [-0.1, -0.05) is 15.9 Å². The van der Waals surface area contributed by atoms with Crippen LogP contribution in [-0.4, -0.2) is 4.98 Å². The van der Waals surface area contributed by atoms with Crippen LogP contribution in [0.3, 0.4) is 0 Å². The van der Waals surface area contributed by atoms with Crippen LogP contribution in [0.25, 0.3) is 0 Å². The van der Waals surface area contributed by atoms with E-state index in [1.807, 2.05) is 36.4 Å². The summed E-state index contributed by atoms with van der Waals surface area (Å²) in [7, 11) is 0. The maximum absolute atomic E-state index is 5.63. The number of benzene rings is 1. The predicted octanol–water partition coefficient (Wildman–Crippen LogP) is 2.71. The zero-order chi connectivity index (χ0) is 12.1. The number of hydrogen-bond donors (Lipinski definition) is 2. The smallest absolute Gasteiger partial charge is 0.140 e. The molecule has 1 aromatic heterocycles. The summed E-state index contributed by atoms with van der Waals surface area (Å²) in [6.45, 7) is 0.485.